The van der Waals surface area contributed by atoms with Gasteiger partial charge < -0.3 is 4.74 Å². The first-order chi connectivity index (χ1) is 13.7. The SMILES string of the molecule is CCCCCCCCCCCCCCC=CC1CCCCCCC(=O)OC1=O. The van der Waals surface area contributed by atoms with Gasteiger partial charge in [-0.3, -0.25) is 9.59 Å². The normalized spacial score (nSPS) is 19.1. The first-order valence-electron chi connectivity index (χ1n) is 12.1. The molecule has 1 unspecified atom stereocenters. The molecular weight excluding hydrogens is 348 g/mol. The standard InChI is InChI=1S/C25H44O3/c1-2-3-4-5-6-7-8-9-10-11-12-13-14-17-20-23-21-18-15-16-19-22-24(26)28-25(23)27/h17,20,23H,2-16,18-19,21-22H2,1H3. The number of hydrogen-bond donors (Lipinski definition) is 0. The smallest absolute Gasteiger partial charge is 0.320 e. The molecule has 0 radical (unpaired) electrons. The zero-order chi connectivity index (χ0) is 20.3. The maximum atomic E-state index is 12.1. The van der Waals surface area contributed by atoms with Crippen LogP contribution in [0.25, 0.3) is 0 Å². The summed E-state index contributed by atoms with van der Waals surface area (Å²) in [4.78, 5) is 23.7. The van der Waals surface area contributed by atoms with Crippen molar-refractivity contribution in [2.24, 2.45) is 5.92 Å². The molecule has 1 saturated heterocycles. The van der Waals surface area contributed by atoms with E-state index in [0.29, 0.717) is 6.42 Å². The lowest BCUT2D eigenvalue weighted by atomic mass is 9.98. The fraction of sp³-hybridized carbons (Fsp3) is 0.840. The van der Waals surface area contributed by atoms with Crippen LogP contribution in [0.3, 0.4) is 0 Å². The van der Waals surface area contributed by atoms with Crippen LogP contribution in [0.4, 0.5) is 0 Å². The molecule has 28 heavy (non-hydrogen) atoms. The lowest BCUT2D eigenvalue weighted by molar-refractivity contribution is -0.162. The summed E-state index contributed by atoms with van der Waals surface area (Å²) in [6.45, 7) is 2.27. The van der Waals surface area contributed by atoms with Crippen molar-refractivity contribution in [2.45, 2.75) is 129 Å². The van der Waals surface area contributed by atoms with Crippen LogP contribution < -0.4 is 0 Å². The molecule has 3 heteroatoms. The third-order valence-corrected chi connectivity index (χ3v) is 5.76. The topological polar surface area (TPSA) is 43.4 Å². The van der Waals surface area contributed by atoms with Gasteiger partial charge in [-0.1, -0.05) is 109 Å². The second-order valence-electron chi connectivity index (χ2n) is 8.46. The molecule has 1 aliphatic heterocycles. The lowest BCUT2D eigenvalue weighted by Gasteiger charge is -2.13. The van der Waals surface area contributed by atoms with Crippen molar-refractivity contribution in [3.63, 3.8) is 0 Å². The van der Waals surface area contributed by atoms with Crippen molar-refractivity contribution in [1.82, 2.24) is 0 Å². The molecule has 0 aromatic rings. The zero-order valence-corrected chi connectivity index (χ0v) is 18.4. The molecule has 0 spiro atoms. The highest BCUT2D eigenvalue weighted by molar-refractivity contribution is 5.87. The molecule has 0 amide bonds. The fourth-order valence-electron chi connectivity index (χ4n) is 3.88. The predicted octanol–water partition coefficient (Wildman–Crippen LogP) is 7.67. The molecule has 162 valence electrons. The Labute approximate surface area is 173 Å². The van der Waals surface area contributed by atoms with Crippen molar-refractivity contribution in [3.05, 3.63) is 12.2 Å². The van der Waals surface area contributed by atoms with E-state index in [1.807, 2.05) is 6.08 Å². The number of carbonyl (C=O) groups is 2. The number of ether oxygens (including phenoxy) is 1. The average Bonchev–Trinajstić information content (AvgIpc) is 2.68. The average molecular weight is 393 g/mol. The van der Waals surface area contributed by atoms with Gasteiger partial charge in [0.05, 0.1) is 5.92 Å². The summed E-state index contributed by atoms with van der Waals surface area (Å²) in [6, 6.07) is 0. The van der Waals surface area contributed by atoms with E-state index in [0.717, 1.165) is 38.5 Å². The van der Waals surface area contributed by atoms with E-state index in [4.69, 9.17) is 4.74 Å². The number of cyclic esters (lactones) is 2. The van der Waals surface area contributed by atoms with Gasteiger partial charge in [0.25, 0.3) is 0 Å². The number of rotatable bonds is 14. The van der Waals surface area contributed by atoms with Crippen LogP contribution in [0.15, 0.2) is 12.2 Å². The van der Waals surface area contributed by atoms with E-state index in [-0.39, 0.29) is 17.9 Å². The largest absolute Gasteiger partial charge is 0.393 e. The Hall–Kier alpha value is -1.12. The van der Waals surface area contributed by atoms with Gasteiger partial charge in [-0.25, -0.2) is 0 Å². The minimum absolute atomic E-state index is 0.237. The van der Waals surface area contributed by atoms with Gasteiger partial charge in [0.2, 0.25) is 0 Å². The molecule has 1 rings (SSSR count). The Morgan fingerprint density at radius 2 is 1.36 bits per heavy atom. The van der Waals surface area contributed by atoms with Crippen LogP contribution in [0.5, 0.6) is 0 Å². The molecule has 1 atom stereocenters. The van der Waals surface area contributed by atoms with Gasteiger partial charge in [-0.15, -0.1) is 0 Å². The van der Waals surface area contributed by atoms with Crippen LogP contribution in [0, 0.1) is 5.92 Å². The van der Waals surface area contributed by atoms with Crippen LogP contribution in [-0.2, 0) is 14.3 Å². The number of esters is 2. The van der Waals surface area contributed by atoms with Crippen molar-refractivity contribution in [3.8, 4) is 0 Å². The first kappa shape index (κ1) is 24.9. The summed E-state index contributed by atoms with van der Waals surface area (Å²) in [7, 11) is 0. The minimum Gasteiger partial charge on any atom is -0.393 e. The Kier molecular flexibility index (Phi) is 16.0. The van der Waals surface area contributed by atoms with Crippen molar-refractivity contribution in [2.75, 3.05) is 0 Å². The minimum atomic E-state index is -0.355. The summed E-state index contributed by atoms with van der Waals surface area (Å²) < 4.78 is 4.98. The molecule has 0 N–H and O–H groups in total. The molecule has 1 heterocycles. The number of unbranched alkanes of at least 4 members (excludes halogenated alkanes) is 12. The summed E-state index contributed by atoms with van der Waals surface area (Å²) in [6.07, 6.45) is 26.7. The van der Waals surface area contributed by atoms with Crippen LogP contribution in [0.2, 0.25) is 0 Å². The molecule has 0 aromatic carbocycles. The second kappa shape index (κ2) is 17.9. The highest BCUT2D eigenvalue weighted by Crippen LogP contribution is 2.18. The molecule has 0 aromatic heterocycles. The molecule has 0 bridgehead atoms. The van der Waals surface area contributed by atoms with Gasteiger partial charge >= 0.3 is 11.9 Å². The van der Waals surface area contributed by atoms with E-state index in [2.05, 4.69) is 13.0 Å². The third kappa shape index (κ3) is 14.0. The maximum Gasteiger partial charge on any atom is 0.320 e. The van der Waals surface area contributed by atoms with Gasteiger partial charge in [0, 0.05) is 6.42 Å². The molecule has 1 aliphatic rings. The molecule has 0 aliphatic carbocycles. The van der Waals surface area contributed by atoms with E-state index < -0.39 is 0 Å². The van der Waals surface area contributed by atoms with Gasteiger partial charge in [-0.2, -0.15) is 0 Å². The second-order valence-corrected chi connectivity index (χ2v) is 8.46. The summed E-state index contributed by atoms with van der Waals surface area (Å²) in [5.41, 5.74) is 0. The maximum absolute atomic E-state index is 12.1. The molecule has 1 fully saturated rings. The molecule has 0 saturated carbocycles. The Bertz CT molecular complexity index is 428. The first-order valence-corrected chi connectivity index (χ1v) is 12.1. The Morgan fingerprint density at radius 1 is 0.786 bits per heavy atom. The van der Waals surface area contributed by atoms with Crippen LogP contribution in [0.1, 0.15) is 129 Å². The predicted molar refractivity (Wildman–Crippen MR) is 117 cm³/mol. The zero-order valence-electron chi connectivity index (χ0n) is 18.4. The quantitative estimate of drug-likeness (QED) is 0.132. The number of allylic oxidation sites excluding steroid dienone is 1. The summed E-state index contributed by atoms with van der Waals surface area (Å²) >= 11 is 0. The highest BCUT2D eigenvalue weighted by Gasteiger charge is 2.20. The van der Waals surface area contributed by atoms with Crippen LogP contribution in [-0.4, -0.2) is 11.9 Å². The van der Waals surface area contributed by atoms with E-state index in [1.165, 1.54) is 77.0 Å². The van der Waals surface area contributed by atoms with Crippen molar-refractivity contribution >= 4 is 11.9 Å². The Morgan fingerprint density at radius 3 is 2.00 bits per heavy atom. The summed E-state index contributed by atoms with van der Waals surface area (Å²) in [5.74, 6) is -0.941. The van der Waals surface area contributed by atoms with Crippen molar-refractivity contribution < 1.29 is 14.3 Å². The van der Waals surface area contributed by atoms with E-state index in [9.17, 15) is 9.59 Å². The number of hydrogen-bond acceptors (Lipinski definition) is 3. The van der Waals surface area contributed by atoms with Gasteiger partial charge in [0.1, 0.15) is 0 Å². The van der Waals surface area contributed by atoms with Crippen molar-refractivity contribution in [1.29, 1.82) is 0 Å². The lowest BCUT2D eigenvalue weighted by Crippen LogP contribution is -2.20. The molecule has 3 nitrogen and oxygen atoms in total. The van der Waals surface area contributed by atoms with Gasteiger partial charge in [-0.05, 0) is 25.7 Å². The number of carbonyl (C=O) groups excluding carboxylic acids is 2. The highest BCUT2D eigenvalue weighted by atomic mass is 16.6. The van der Waals surface area contributed by atoms with E-state index >= 15 is 0 Å². The van der Waals surface area contributed by atoms with Gasteiger partial charge in [0.15, 0.2) is 0 Å². The summed E-state index contributed by atoms with van der Waals surface area (Å²) in [5, 5.41) is 0. The fourth-order valence-corrected chi connectivity index (χ4v) is 3.88. The van der Waals surface area contributed by atoms with Crippen LogP contribution >= 0.6 is 0 Å². The molecular formula is C25H44O3. The Balaban J connectivity index is 2.02. The monoisotopic (exact) mass is 392 g/mol. The van der Waals surface area contributed by atoms with E-state index in [1.54, 1.807) is 0 Å². The third-order valence-electron chi connectivity index (χ3n) is 5.76.